The Balaban J connectivity index is 1.37. The highest BCUT2D eigenvalue weighted by Gasteiger charge is 2.23. The first-order chi connectivity index (χ1) is 14.6. The summed E-state index contributed by atoms with van der Waals surface area (Å²) < 4.78 is 13.6. The highest BCUT2D eigenvalue weighted by Crippen LogP contribution is 2.23. The Bertz CT molecular complexity index is 899. The van der Waals surface area contributed by atoms with Gasteiger partial charge in [-0.25, -0.2) is 14.4 Å². The molecule has 30 heavy (non-hydrogen) atoms. The van der Waals surface area contributed by atoms with Crippen molar-refractivity contribution < 1.29 is 9.18 Å². The maximum absolute atomic E-state index is 13.6. The number of anilines is 3. The molecule has 1 N–H and O–H groups in total. The smallest absolute Gasteiger partial charge is 0.246 e. The molecular formula is C22H27FN6O. The van der Waals surface area contributed by atoms with Crippen LogP contribution in [0.5, 0.6) is 0 Å². The van der Waals surface area contributed by atoms with E-state index in [2.05, 4.69) is 31.7 Å². The molecule has 3 heterocycles. The molecule has 1 atom stereocenters. The van der Waals surface area contributed by atoms with Crippen LogP contribution in [-0.4, -0.2) is 66.1 Å². The molecule has 0 aliphatic carbocycles. The first-order valence-corrected chi connectivity index (χ1v) is 10.4. The van der Waals surface area contributed by atoms with E-state index in [1.54, 1.807) is 23.4 Å². The molecule has 1 aromatic carbocycles. The van der Waals surface area contributed by atoms with Crippen molar-refractivity contribution in [2.45, 2.75) is 18.9 Å². The van der Waals surface area contributed by atoms with Crippen LogP contribution in [0.1, 0.15) is 12.8 Å². The fraction of sp³-hybridized carbons (Fsp3) is 0.409. The molecule has 2 aliphatic rings. The van der Waals surface area contributed by atoms with E-state index in [0.717, 1.165) is 56.3 Å². The molecule has 1 aromatic heterocycles. The van der Waals surface area contributed by atoms with Crippen LogP contribution in [0.3, 0.4) is 0 Å². The lowest BCUT2D eigenvalue weighted by Crippen LogP contribution is -2.48. The number of hydrogen-bond donors (Lipinski definition) is 1. The van der Waals surface area contributed by atoms with Gasteiger partial charge >= 0.3 is 0 Å². The standard InChI is InChI=1S/C22H27FN6O/c1-2-22(30)28-11-9-27(10-12-28)21-14-20(24-16-25-21)26-18-6-4-8-29(15-18)19-7-3-5-17(23)13-19/h2-3,5,7,13-14,16,18H,1,4,6,8-12,15H2,(H,24,25,26)/t18-/m1/s1. The molecule has 2 fully saturated rings. The highest BCUT2D eigenvalue weighted by atomic mass is 19.1. The van der Waals surface area contributed by atoms with Gasteiger partial charge in [-0.15, -0.1) is 0 Å². The van der Waals surface area contributed by atoms with Crippen LogP contribution in [0.25, 0.3) is 0 Å². The lowest BCUT2D eigenvalue weighted by atomic mass is 10.0. The number of rotatable bonds is 5. The van der Waals surface area contributed by atoms with Gasteiger partial charge in [-0.2, -0.15) is 0 Å². The number of carbonyl (C=O) groups is 1. The van der Waals surface area contributed by atoms with E-state index in [1.807, 2.05) is 12.1 Å². The first-order valence-electron chi connectivity index (χ1n) is 10.4. The Morgan fingerprint density at radius 1 is 1.13 bits per heavy atom. The number of amides is 1. The number of nitrogens with zero attached hydrogens (tertiary/aromatic N) is 5. The maximum atomic E-state index is 13.6. The van der Waals surface area contributed by atoms with Gasteiger partial charge in [0.1, 0.15) is 23.8 Å². The summed E-state index contributed by atoms with van der Waals surface area (Å²) >= 11 is 0. The number of piperidine rings is 1. The van der Waals surface area contributed by atoms with Gasteiger partial charge in [0.15, 0.2) is 0 Å². The Kier molecular flexibility index (Phi) is 6.11. The van der Waals surface area contributed by atoms with Crippen LogP contribution in [0.4, 0.5) is 21.7 Å². The van der Waals surface area contributed by atoms with Crippen LogP contribution < -0.4 is 15.1 Å². The fourth-order valence-corrected chi connectivity index (χ4v) is 4.10. The largest absolute Gasteiger partial charge is 0.369 e. The van der Waals surface area contributed by atoms with Gasteiger partial charge in [-0.3, -0.25) is 4.79 Å². The topological polar surface area (TPSA) is 64.6 Å². The van der Waals surface area contributed by atoms with E-state index < -0.39 is 0 Å². The highest BCUT2D eigenvalue weighted by molar-refractivity contribution is 5.87. The Labute approximate surface area is 176 Å². The van der Waals surface area contributed by atoms with Crippen molar-refractivity contribution >= 4 is 23.2 Å². The lowest BCUT2D eigenvalue weighted by Gasteiger charge is -2.36. The van der Waals surface area contributed by atoms with Crippen molar-refractivity contribution in [1.82, 2.24) is 14.9 Å². The first kappa shape index (κ1) is 20.1. The van der Waals surface area contributed by atoms with E-state index in [4.69, 9.17) is 0 Å². The predicted octanol–water partition coefficient (Wildman–Crippen LogP) is 2.53. The molecular weight excluding hydrogens is 383 g/mol. The summed E-state index contributed by atoms with van der Waals surface area (Å²) in [4.78, 5) is 26.7. The summed E-state index contributed by atoms with van der Waals surface area (Å²) in [5, 5.41) is 3.52. The summed E-state index contributed by atoms with van der Waals surface area (Å²) in [6.45, 7) is 8.04. The van der Waals surface area contributed by atoms with Crippen molar-refractivity contribution in [2.24, 2.45) is 0 Å². The van der Waals surface area contributed by atoms with Gasteiger partial charge in [0.25, 0.3) is 0 Å². The zero-order chi connectivity index (χ0) is 20.9. The maximum Gasteiger partial charge on any atom is 0.246 e. The zero-order valence-electron chi connectivity index (χ0n) is 17.0. The number of carbonyl (C=O) groups excluding carboxylic acids is 1. The molecule has 2 aliphatic heterocycles. The average molecular weight is 410 g/mol. The quantitative estimate of drug-likeness (QED) is 0.765. The minimum atomic E-state index is -0.210. The molecule has 0 unspecified atom stereocenters. The summed E-state index contributed by atoms with van der Waals surface area (Å²) in [6, 6.07) is 8.95. The van der Waals surface area contributed by atoms with Gasteiger partial charge in [0.2, 0.25) is 5.91 Å². The summed E-state index contributed by atoms with van der Waals surface area (Å²) in [6.07, 6.45) is 5.00. The van der Waals surface area contributed by atoms with E-state index in [1.165, 1.54) is 12.1 Å². The third kappa shape index (κ3) is 4.69. The number of aromatic nitrogens is 2. The van der Waals surface area contributed by atoms with Crippen LogP contribution in [0, 0.1) is 5.82 Å². The summed E-state index contributed by atoms with van der Waals surface area (Å²) in [7, 11) is 0. The second kappa shape index (κ2) is 9.11. The van der Waals surface area contributed by atoms with Gasteiger partial charge in [0.05, 0.1) is 0 Å². The Morgan fingerprint density at radius 2 is 1.97 bits per heavy atom. The zero-order valence-corrected chi connectivity index (χ0v) is 17.0. The van der Waals surface area contributed by atoms with Gasteiger partial charge in [0, 0.05) is 57.1 Å². The number of hydrogen-bond acceptors (Lipinski definition) is 6. The monoisotopic (exact) mass is 410 g/mol. The second-order valence-electron chi connectivity index (χ2n) is 7.69. The molecule has 0 radical (unpaired) electrons. The third-order valence-corrected chi connectivity index (χ3v) is 5.69. The molecule has 0 saturated carbocycles. The Morgan fingerprint density at radius 3 is 2.73 bits per heavy atom. The van der Waals surface area contributed by atoms with Crippen molar-refractivity contribution in [3.05, 3.63) is 55.1 Å². The predicted molar refractivity (Wildman–Crippen MR) is 116 cm³/mol. The van der Waals surface area contributed by atoms with Crippen molar-refractivity contribution in [2.75, 3.05) is 54.4 Å². The number of benzene rings is 1. The molecule has 4 rings (SSSR count). The number of piperazine rings is 1. The van der Waals surface area contributed by atoms with E-state index in [9.17, 15) is 9.18 Å². The third-order valence-electron chi connectivity index (χ3n) is 5.69. The van der Waals surface area contributed by atoms with Crippen LogP contribution in [0.15, 0.2) is 49.3 Å². The summed E-state index contributed by atoms with van der Waals surface area (Å²) in [5.41, 5.74) is 0.914. The van der Waals surface area contributed by atoms with Crippen molar-refractivity contribution in [3.8, 4) is 0 Å². The normalized spacial score (nSPS) is 19.5. The molecule has 7 nitrogen and oxygen atoms in total. The van der Waals surface area contributed by atoms with Crippen molar-refractivity contribution in [1.29, 1.82) is 0 Å². The minimum Gasteiger partial charge on any atom is -0.369 e. The van der Waals surface area contributed by atoms with E-state index in [0.29, 0.717) is 13.1 Å². The van der Waals surface area contributed by atoms with Gasteiger partial charge in [-0.05, 0) is 37.1 Å². The summed E-state index contributed by atoms with van der Waals surface area (Å²) in [5.74, 6) is 1.41. The number of halogens is 1. The molecule has 158 valence electrons. The minimum absolute atomic E-state index is 0.0279. The molecule has 2 saturated heterocycles. The lowest BCUT2D eigenvalue weighted by molar-refractivity contribution is -0.126. The number of nitrogens with one attached hydrogen (secondary N) is 1. The second-order valence-corrected chi connectivity index (χ2v) is 7.69. The molecule has 0 bridgehead atoms. The van der Waals surface area contributed by atoms with Crippen LogP contribution >= 0.6 is 0 Å². The average Bonchev–Trinajstić information content (AvgIpc) is 2.79. The molecule has 0 spiro atoms. The van der Waals surface area contributed by atoms with Gasteiger partial charge < -0.3 is 20.0 Å². The van der Waals surface area contributed by atoms with E-state index in [-0.39, 0.29) is 17.8 Å². The molecule has 1 amide bonds. The fourth-order valence-electron chi connectivity index (χ4n) is 4.10. The van der Waals surface area contributed by atoms with E-state index >= 15 is 0 Å². The molecule has 8 heteroatoms. The SMILES string of the molecule is C=CC(=O)N1CCN(c2cc(N[C@@H]3CCCN(c4cccc(F)c4)C3)ncn2)CC1. The van der Waals surface area contributed by atoms with Crippen LogP contribution in [-0.2, 0) is 4.79 Å². The van der Waals surface area contributed by atoms with Crippen molar-refractivity contribution in [3.63, 3.8) is 0 Å². The van der Waals surface area contributed by atoms with Crippen LogP contribution in [0.2, 0.25) is 0 Å². The molecule has 2 aromatic rings. The Hall–Kier alpha value is -3.16. The van der Waals surface area contributed by atoms with Gasteiger partial charge in [-0.1, -0.05) is 12.6 Å².